The highest BCUT2D eigenvalue weighted by Gasteiger charge is 2.27. The van der Waals surface area contributed by atoms with Crippen molar-refractivity contribution in [3.05, 3.63) is 41.3 Å². The third kappa shape index (κ3) is 2.51. The maximum Gasteiger partial charge on any atom is 0.249 e. The van der Waals surface area contributed by atoms with Crippen LogP contribution in [0.15, 0.2) is 41.3 Å². The molecule has 3 rings (SSSR count). The molecule has 0 bridgehead atoms. The lowest BCUT2D eigenvalue weighted by Gasteiger charge is -2.21. The van der Waals surface area contributed by atoms with Gasteiger partial charge in [0, 0.05) is 22.7 Å². The Morgan fingerprint density at radius 1 is 1.35 bits per heavy atom. The van der Waals surface area contributed by atoms with E-state index in [4.69, 9.17) is 0 Å². The van der Waals surface area contributed by atoms with Gasteiger partial charge in [-0.2, -0.15) is 0 Å². The summed E-state index contributed by atoms with van der Waals surface area (Å²) >= 11 is 3.42. The normalized spacial score (nSPS) is 18.9. The van der Waals surface area contributed by atoms with Gasteiger partial charge in [0.25, 0.3) is 0 Å². The second-order valence-electron chi connectivity index (χ2n) is 4.68. The Hall–Kier alpha value is -1.95. The topological polar surface area (TPSA) is 64.0 Å². The van der Waals surface area contributed by atoms with Crippen LogP contribution in [-0.2, 0) is 9.59 Å². The maximum atomic E-state index is 11.8. The highest BCUT2D eigenvalue weighted by Crippen LogP contribution is 2.24. The maximum absolute atomic E-state index is 11.8. The molecule has 1 aliphatic heterocycles. The molecule has 0 radical (unpaired) electrons. The average Bonchev–Trinajstić information content (AvgIpc) is 2.88. The summed E-state index contributed by atoms with van der Waals surface area (Å²) in [7, 11) is 0. The van der Waals surface area contributed by atoms with Crippen LogP contribution in [0.25, 0.3) is 11.3 Å². The number of halogens is 1. The predicted molar refractivity (Wildman–Crippen MR) is 76.8 cm³/mol. The smallest absolute Gasteiger partial charge is 0.249 e. The molecule has 102 valence electrons. The van der Waals surface area contributed by atoms with Crippen molar-refractivity contribution in [3.8, 4) is 11.3 Å². The summed E-state index contributed by atoms with van der Waals surface area (Å²) in [6.45, 7) is 0. The lowest BCUT2D eigenvalue weighted by molar-refractivity contribution is -0.135. The summed E-state index contributed by atoms with van der Waals surface area (Å²) in [6.07, 6.45) is 4.35. The Morgan fingerprint density at radius 2 is 2.20 bits per heavy atom. The molecule has 1 fully saturated rings. The number of amides is 2. The second kappa shape index (κ2) is 5.20. The van der Waals surface area contributed by atoms with E-state index in [0.717, 1.165) is 15.7 Å². The first-order valence-corrected chi connectivity index (χ1v) is 7.06. The zero-order valence-electron chi connectivity index (χ0n) is 10.5. The molecular formula is C14H12BrN3O2. The predicted octanol–water partition coefficient (Wildman–Crippen LogP) is 2.29. The van der Waals surface area contributed by atoms with Gasteiger partial charge in [0.1, 0.15) is 6.04 Å². The number of piperidine rings is 1. The van der Waals surface area contributed by atoms with Crippen LogP contribution in [0.5, 0.6) is 0 Å². The summed E-state index contributed by atoms with van der Waals surface area (Å²) < 4.78 is 2.74. The molecule has 1 atom stereocenters. The SMILES string of the molecule is O=C1CCC(n2cnc(-c3cccc(Br)c3)c2)C(=O)N1. The van der Waals surface area contributed by atoms with E-state index in [1.807, 2.05) is 30.5 Å². The van der Waals surface area contributed by atoms with Crippen molar-refractivity contribution in [1.29, 1.82) is 0 Å². The van der Waals surface area contributed by atoms with Crippen LogP contribution in [0.2, 0.25) is 0 Å². The molecule has 1 aromatic carbocycles. The molecule has 2 amide bonds. The van der Waals surface area contributed by atoms with Crippen LogP contribution in [0.1, 0.15) is 18.9 Å². The summed E-state index contributed by atoms with van der Waals surface area (Å²) in [5.41, 5.74) is 1.78. The fraction of sp³-hybridized carbons (Fsp3) is 0.214. The van der Waals surface area contributed by atoms with E-state index < -0.39 is 0 Å². The molecule has 1 aromatic heterocycles. The van der Waals surface area contributed by atoms with E-state index in [2.05, 4.69) is 26.2 Å². The first-order valence-electron chi connectivity index (χ1n) is 6.26. The average molecular weight is 334 g/mol. The van der Waals surface area contributed by atoms with Gasteiger partial charge in [0.2, 0.25) is 11.8 Å². The number of benzene rings is 1. The Morgan fingerprint density at radius 3 is 2.95 bits per heavy atom. The summed E-state index contributed by atoms with van der Waals surface area (Å²) in [4.78, 5) is 27.3. The number of hydrogen-bond acceptors (Lipinski definition) is 3. The lowest BCUT2D eigenvalue weighted by Crippen LogP contribution is -2.41. The van der Waals surface area contributed by atoms with Gasteiger partial charge in [-0.05, 0) is 18.6 Å². The van der Waals surface area contributed by atoms with Gasteiger partial charge < -0.3 is 4.57 Å². The minimum atomic E-state index is -0.360. The van der Waals surface area contributed by atoms with Crippen molar-refractivity contribution < 1.29 is 9.59 Å². The van der Waals surface area contributed by atoms with E-state index in [1.54, 1.807) is 10.9 Å². The van der Waals surface area contributed by atoms with Crippen molar-refractivity contribution in [3.63, 3.8) is 0 Å². The quantitative estimate of drug-likeness (QED) is 0.857. The largest absolute Gasteiger partial charge is 0.324 e. The van der Waals surface area contributed by atoms with Gasteiger partial charge in [-0.3, -0.25) is 14.9 Å². The number of hydrogen-bond donors (Lipinski definition) is 1. The number of carbonyl (C=O) groups is 2. The zero-order valence-corrected chi connectivity index (χ0v) is 12.1. The first-order chi connectivity index (χ1) is 9.63. The summed E-state index contributed by atoms with van der Waals surface area (Å²) in [6, 6.07) is 7.45. The highest BCUT2D eigenvalue weighted by atomic mass is 79.9. The van der Waals surface area contributed by atoms with Gasteiger partial charge in [0.15, 0.2) is 0 Å². The Labute approximate surface area is 124 Å². The van der Waals surface area contributed by atoms with Crippen molar-refractivity contribution in [2.24, 2.45) is 0 Å². The molecule has 5 nitrogen and oxygen atoms in total. The highest BCUT2D eigenvalue weighted by molar-refractivity contribution is 9.10. The number of rotatable bonds is 2. The van der Waals surface area contributed by atoms with Gasteiger partial charge >= 0.3 is 0 Å². The molecule has 6 heteroatoms. The third-order valence-corrected chi connectivity index (χ3v) is 3.79. The van der Waals surface area contributed by atoms with Crippen LogP contribution in [0.4, 0.5) is 0 Å². The fourth-order valence-corrected chi connectivity index (χ4v) is 2.67. The number of aromatic nitrogens is 2. The third-order valence-electron chi connectivity index (χ3n) is 3.29. The van der Waals surface area contributed by atoms with E-state index >= 15 is 0 Å². The Bertz CT molecular complexity index is 681. The van der Waals surface area contributed by atoms with Gasteiger partial charge in [0.05, 0.1) is 12.0 Å². The first kappa shape index (κ1) is 13.1. The second-order valence-corrected chi connectivity index (χ2v) is 5.60. The van der Waals surface area contributed by atoms with Crippen molar-refractivity contribution in [2.75, 3.05) is 0 Å². The van der Waals surface area contributed by atoms with Crippen LogP contribution in [-0.4, -0.2) is 21.4 Å². The molecule has 20 heavy (non-hydrogen) atoms. The number of nitrogens with zero attached hydrogens (tertiary/aromatic N) is 2. The molecule has 2 aromatic rings. The van der Waals surface area contributed by atoms with E-state index in [0.29, 0.717) is 12.8 Å². The zero-order chi connectivity index (χ0) is 14.1. The van der Waals surface area contributed by atoms with Gasteiger partial charge in [-0.1, -0.05) is 28.1 Å². The Balaban J connectivity index is 1.87. The van der Waals surface area contributed by atoms with Crippen LogP contribution in [0.3, 0.4) is 0 Å². The lowest BCUT2D eigenvalue weighted by atomic mass is 10.1. The molecular weight excluding hydrogens is 322 g/mol. The van der Waals surface area contributed by atoms with Gasteiger partial charge in [-0.15, -0.1) is 0 Å². The number of carbonyl (C=O) groups excluding carboxylic acids is 2. The summed E-state index contributed by atoms with van der Waals surface area (Å²) in [5, 5.41) is 2.35. The minimum absolute atomic E-state index is 0.210. The molecule has 0 aliphatic carbocycles. The standard InChI is InChI=1S/C14H12BrN3O2/c15-10-3-1-2-9(6-10)11-7-18(8-16-11)12-4-5-13(19)17-14(12)20/h1-3,6-8,12H,4-5H2,(H,17,19,20). The van der Waals surface area contributed by atoms with E-state index in [1.165, 1.54) is 0 Å². The van der Waals surface area contributed by atoms with Crippen LogP contribution in [0, 0.1) is 0 Å². The van der Waals surface area contributed by atoms with Crippen LogP contribution >= 0.6 is 15.9 Å². The summed E-state index contributed by atoms with van der Waals surface area (Å²) in [5.74, 6) is -0.474. The molecule has 2 heterocycles. The molecule has 0 saturated carbocycles. The molecule has 1 unspecified atom stereocenters. The fourth-order valence-electron chi connectivity index (χ4n) is 2.27. The van der Waals surface area contributed by atoms with E-state index in [9.17, 15) is 9.59 Å². The van der Waals surface area contributed by atoms with Crippen molar-refractivity contribution in [2.45, 2.75) is 18.9 Å². The van der Waals surface area contributed by atoms with E-state index in [-0.39, 0.29) is 17.9 Å². The molecule has 1 aliphatic rings. The minimum Gasteiger partial charge on any atom is -0.324 e. The van der Waals surface area contributed by atoms with Crippen LogP contribution < -0.4 is 5.32 Å². The van der Waals surface area contributed by atoms with Gasteiger partial charge in [-0.25, -0.2) is 4.98 Å². The number of imidazole rings is 1. The number of imide groups is 1. The Kier molecular flexibility index (Phi) is 3.40. The molecule has 1 N–H and O–H groups in total. The molecule has 0 spiro atoms. The van der Waals surface area contributed by atoms with Crippen molar-refractivity contribution in [1.82, 2.24) is 14.9 Å². The number of nitrogens with one attached hydrogen (secondary N) is 1. The monoisotopic (exact) mass is 333 g/mol. The van der Waals surface area contributed by atoms with Crippen molar-refractivity contribution >= 4 is 27.7 Å². The molecule has 1 saturated heterocycles.